The average Bonchev–Trinajstić information content (AvgIpc) is 3.00. The summed E-state index contributed by atoms with van der Waals surface area (Å²) in [5, 5.41) is 17.3. The van der Waals surface area contributed by atoms with Gasteiger partial charge in [-0.15, -0.1) is 0 Å². The second-order valence-electron chi connectivity index (χ2n) is 6.17. The van der Waals surface area contributed by atoms with Crippen molar-refractivity contribution in [2.45, 2.75) is 59.5 Å². The van der Waals surface area contributed by atoms with Gasteiger partial charge in [0.15, 0.2) is 0 Å². The van der Waals surface area contributed by atoms with Gasteiger partial charge in [-0.2, -0.15) is 5.10 Å². The minimum absolute atomic E-state index is 0.176. The van der Waals surface area contributed by atoms with Gasteiger partial charge in [-0.05, 0) is 53.0 Å². The topological polar surface area (TPSA) is 67.2 Å². The van der Waals surface area contributed by atoms with Crippen LogP contribution in [0.4, 0.5) is 0 Å². The normalized spacial score (nSPS) is 23.4. The van der Waals surface area contributed by atoms with Crippen molar-refractivity contribution in [3.63, 3.8) is 0 Å². The summed E-state index contributed by atoms with van der Waals surface area (Å²) in [6.07, 6.45) is 2.87. The maximum atomic E-state index is 11.2. The van der Waals surface area contributed by atoms with Crippen LogP contribution in [0.1, 0.15) is 56.1 Å². The molecule has 0 amide bonds. The molecule has 0 spiro atoms. The number of carboxylic acid groups (broad SMARTS) is 1. The van der Waals surface area contributed by atoms with E-state index in [0.717, 1.165) is 38.0 Å². The molecule has 2 N–H and O–H groups in total. The van der Waals surface area contributed by atoms with Crippen LogP contribution >= 0.6 is 0 Å². The molecule has 118 valence electrons. The molecule has 1 aromatic rings. The van der Waals surface area contributed by atoms with Gasteiger partial charge in [0, 0.05) is 23.8 Å². The number of aliphatic carboxylic acids is 1. The molecular formula is C16H27N3O2. The van der Waals surface area contributed by atoms with Crippen LogP contribution in [-0.2, 0) is 11.3 Å². The fraction of sp³-hybridized carbons (Fsp3) is 0.750. The molecule has 1 heterocycles. The average molecular weight is 293 g/mol. The smallest absolute Gasteiger partial charge is 0.306 e. The summed E-state index contributed by atoms with van der Waals surface area (Å²) in [6.45, 7) is 10.0. The van der Waals surface area contributed by atoms with E-state index < -0.39 is 5.97 Å². The second-order valence-corrected chi connectivity index (χ2v) is 6.17. The number of hydrogen-bond acceptors (Lipinski definition) is 3. The van der Waals surface area contributed by atoms with Gasteiger partial charge in [-0.1, -0.05) is 6.42 Å². The standard InChI is InChI=1S/C16H27N3O2/c1-5-19-12(4)15(11(3)18-19)10(2)17-9-13-7-6-8-14(13)16(20)21/h10,13-14,17H,5-9H2,1-4H3,(H,20,21). The number of rotatable bonds is 6. The van der Waals surface area contributed by atoms with Crippen molar-refractivity contribution in [3.8, 4) is 0 Å². The largest absolute Gasteiger partial charge is 0.481 e. The molecule has 5 heteroatoms. The number of carbonyl (C=O) groups is 1. The number of hydrogen-bond donors (Lipinski definition) is 2. The third-order valence-corrected chi connectivity index (χ3v) is 4.83. The summed E-state index contributed by atoms with van der Waals surface area (Å²) >= 11 is 0. The van der Waals surface area contributed by atoms with Crippen molar-refractivity contribution >= 4 is 5.97 Å². The Bertz CT molecular complexity index is 510. The Kier molecular flexibility index (Phi) is 5.04. The molecule has 1 saturated carbocycles. The highest BCUT2D eigenvalue weighted by Gasteiger charge is 2.33. The summed E-state index contributed by atoms with van der Waals surface area (Å²) in [6, 6.07) is 0.209. The molecule has 1 aliphatic carbocycles. The predicted octanol–water partition coefficient (Wildman–Crippen LogP) is 2.67. The van der Waals surface area contributed by atoms with E-state index in [1.165, 1.54) is 11.3 Å². The number of carboxylic acids is 1. The van der Waals surface area contributed by atoms with E-state index in [1.54, 1.807) is 0 Å². The molecule has 1 aliphatic rings. The Morgan fingerprint density at radius 2 is 2.19 bits per heavy atom. The van der Waals surface area contributed by atoms with Crippen LogP contribution in [0.25, 0.3) is 0 Å². The van der Waals surface area contributed by atoms with Gasteiger partial charge < -0.3 is 10.4 Å². The van der Waals surface area contributed by atoms with Crippen LogP contribution in [0.3, 0.4) is 0 Å². The summed E-state index contributed by atoms with van der Waals surface area (Å²) in [5.41, 5.74) is 3.52. The minimum atomic E-state index is -0.641. The van der Waals surface area contributed by atoms with Crippen molar-refractivity contribution in [1.82, 2.24) is 15.1 Å². The predicted molar refractivity (Wildman–Crippen MR) is 82.3 cm³/mol. The molecule has 0 aromatic carbocycles. The third-order valence-electron chi connectivity index (χ3n) is 4.83. The zero-order chi connectivity index (χ0) is 15.6. The Hall–Kier alpha value is -1.36. The van der Waals surface area contributed by atoms with Gasteiger partial charge in [0.2, 0.25) is 0 Å². The number of aromatic nitrogens is 2. The van der Waals surface area contributed by atoms with Crippen LogP contribution in [0.15, 0.2) is 0 Å². The maximum Gasteiger partial charge on any atom is 0.306 e. The summed E-state index contributed by atoms with van der Waals surface area (Å²) < 4.78 is 2.03. The third kappa shape index (κ3) is 3.28. The van der Waals surface area contributed by atoms with Crippen LogP contribution in [0.5, 0.6) is 0 Å². The molecule has 3 unspecified atom stereocenters. The fourth-order valence-corrected chi connectivity index (χ4v) is 3.68. The Balaban J connectivity index is 2.00. The molecule has 0 saturated heterocycles. The van der Waals surface area contributed by atoms with Gasteiger partial charge >= 0.3 is 5.97 Å². The first-order chi connectivity index (χ1) is 9.95. The summed E-state index contributed by atoms with van der Waals surface area (Å²) in [7, 11) is 0. The first-order valence-electron chi connectivity index (χ1n) is 7.95. The second kappa shape index (κ2) is 6.60. The zero-order valence-electron chi connectivity index (χ0n) is 13.5. The quantitative estimate of drug-likeness (QED) is 0.846. The van der Waals surface area contributed by atoms with Gasteiger partial charge in [0.05, 0.1) is 11.6 Å². The molecule has 5 nitrogen and oxygen atoms in total. The van der Waals surface area contributed by atoms with Crippen LogP contribution in [0.2, 0.25) is 0 Å². The van der Waals surface area contributed by atoms with Crippen molar-refractivity contribution in [2.75, 3.05) is 6.54 Å². The number of nitrogens with zero attached hydrogens (tertiary/aromatic N) is 2. The van der Waals surface area contributed by atoms with Crippen molar-refractivity contribution in [3.05, 3.63) is 17.0 Å². The van der Waals surface area contributed by atoms with E-state index in [2.05, 4.69) is 31.2 Å². The first-order valence-corrected chi connectivity index (χ1v) is 7.95. The van der Waals surface area contributed by atoms with E-state index in [-0.39, 0.29) is 17.9 Å². The van der Waals surface area contributed by atoms with E-state index in [1.807, 2.05) is 11.6 Å². The molecule has 0 radical (unpaired) electrons. The molecule has 1 aromatic heterocycles. The van der Waals surface area contributed by atoms with Gasteiger partial charge in [-0.3, -0.25) is 9.48 Å². The molecule has 3 atom stereocenters. The number of nitrogens with one attached hydrogen (secondary N) is 1. The maximum absolute atomic E-state index is 11.2. The van der Waals surface area contributed by atoms with Gasteiger partial charge in [-0.25, -0.2) is 0 Å². The highest BCUT2D eigenvalue weighted by Crippen LogP contribution is 2.32. The lowest BCUT2D eigenvalue weighted by Crippen LogP contribution is -2.31. The van der Waals surface area contributed by atoms with Gasteiger partial charge in [0.1, 0.15) is 0 Å². The van der Waals surface area contributed by atoms with Gasteiger partial charge in [0.25, 0.3) is 0 Å². The molecule has 21 heavy (non-hydrogen) atoms. The highest BCUT2D eigenvalue weighted by atomic mass is 16.4. The molecule has 2 rings (SSSR count). The van der Waals surface area contributed by atoms with E-state index >= 15 is 0 Å². The Morgan fingerprint density at radius 3 is 2.76 bits per heavy atom. The molecular weight excluding hydrogens is 266 g/mol. The minimum Gasteiger partial charge on any atom is -0.481 e. The fourth-order valence-electron chi connectivity index (χ4n) is 3.68. The number of aryl methyl sites for hydroxylation is 2. The van der Waals surface area contributed by atoms with Crippen molar-refractivity contribution < 1.29 is 9.90 Å². The lowest BCUT2D eigenvalue weighted by Gasteiger charge is -2.20. The highest BCUT2D eigenvalue weighted by molar-refractivity contribution is 5.70. The molecule has 1 fully saturated rings. The van der Waals surface area contributed by atoms with Crippen molar-refractivity contribution in [1.29, 1.82) is 0 Å². The van der Waals surface area contributed by atoms with Crippen LogP contribution < -0.4 is 5.32 Å². The van der Waals surface area contributed by atoms with E-state index in [0.29, 0.717) is 0 Å². The summed E-state index contributed by atoms with van der Waals surface area (Å²) in [4.78, 5) is 11.2. The lowest BCUT2D eigenvalue weighted by atomic mass is 9.95. The molecule has 0 bridgehead atoms. The van der Waals surface area contributed by atoms with Crippen LogP contribution in [-0.4, -0.2) is 27.4 Å². The molecule has 0 aliphatic heterocycles. The lowest BCUT2D eigenvalue weighted by molar-refractivity contribution is -0.142. The summed E-state index contributed by atoms with van der Waals surface area (Å²) in [5.74, 6) is -0.560. The Morgan fingerprint density at radius 1 is 1.48 bits per heavy atom. The van der Waals surface area contributed by atoms with Crippen LogP contribution in [0, 0.1) is 25.7 Å². The first kappa shape index (κ1) is 16.0. The monoisotopic (exact) mass is 293 g/mol. The SMILES string of the molecule is CCn1nc(C)c(C(C)NCC2CCCC2C(=O)O)c1C. The van der Waals surface area contributed by atoms with Crippen molar-refractivity contribution in [2.24, 2.45) is 11.8 Å². The van der Waals surface area contributed by atoms with E-state index in [9.17, 15) is 9.90 Å². The Labute approximate surface area is 126 Å². The zero-order valence-corrected chi connectivity index (χ0v) is 13.5. The van der Waals surface area contributed by atoms with E-state index in [4.69, 9.17) is 0 Å².